The molecule has 1 saturated heterocycles. The van der Waals surface area contributed by atoms with E-state index < -0.39 is 11.9 Å². The van der Waals surface area contributed by atoms with Gasteiger partial charge >= 0.3 is 12.0 Å². The fraction of sp³-hybridized carbons (Fsp3) is 0.846. The van der Waals surface area contributed by atoms with Crippen molar-refractivity contribution in [3.05, 3.63) is 0 Å². The van der Waals surface area contributed by atoms with Gasteiger partial charge in [0.2, 0.25) is 0 Å². The van der Waals surface area contributed by atoms with Crippen LogP contribution in [0.5, 0.6) is 0 Å². The van der Waals surface area contributed by atoms with Crippen LogP contribution in [0.3, 0.4) is 0 Å². The predicted octanol–water partition coefficient (Wildman–Crippen LogP) is 0.738. The fourth-order valence-corrected chi connectivity index (χ4v) is 2.19. The number of rotatable bonds is 6. The van der Waals surface area contributed by atoms with Crippen molar-refractivity contribution in [2.45, 2.75) is 26.2 Å². The van der Waals surface area contributed by atoms with Crippen LogP contribution in [0.25, 0.3) is 0 Å². The molecule has 6 nitrogen and oxygen atoms in total. The third-order valence-electron chi connectivity index (χ3n) is 3.74. The quantitative estimate of drug-likeness (QED) is 0.665. The number of carbonyl (C=O) groups excluding carboxylic acids is 1. The minimum Gasteiger partial charge on any atom is -0.481 e. The summed E-state index contributed by atoms with van der Waals surface area (Å²) in [4.78, 5) is 24.7. The Kier molecular flexibility index (Phi) is 6.62. The second-order valence-corrected chi connectivity index (χ2v) is 5.28. The maximum absolute atomic E-state index is 11.6. The minimum atomic E-state index is -0.863. The van der Waals surface area contributed by atoms with Crippen LogP contribution in [0.1, 0.15) is 26.2 Å². The molecule has 6 heteroatoms. The van der Waals surface area contributed by atoms with Crippen molar-refractivity contribution < 1.29 is 14.7 Å². The lowest BCUT2D eigenvalue weighted by Crippen LogP contribution is -2.43. The minimum absolute atomic E-state index is 0.186. The maximum Gasteiger partial charge on any atom is 0.314 e. The van der Waals surface area contributed by atoms with E-state index in [1.165, 1.54) is 0 Å². The highest BCUT2D eigenvalue weighted by atomic mass is 16.4. The van der Waals surface area contributed by atoms with Gasteiger partial charge in [0.25, 0.3) is 0 Å². The molecule has 0 aromatic rings. The second kappa shape index (κ2) is 7.99. The lowest BCUT2D eigenvalue weighted by Gasteiger charge is -2.28. The molecule has 1 aliphatic heterocycles. The Balaban J connectivity index is 2.15. The van der Waals surface area contributed by atoms with E-state index in [2.05, 4.69) is 22.6 Å². The first-order valence-electron chi connectivity index (χ1n) is 6.96. The number of amides is 2. The zero-order valence-corrected chi connectivity index (χ0v) is 11.8. The highest BCUT2D eigenvalue weighted by molar-refractivity contribution is 5.75. The summed E-state index contributed by atoms with van der Waals surface area (Å²) in [7, 11) is 2.10. The fourth-order valence-electron chi connectivity index (χ4n) is 2.19. The summed E-state index contributed by atoms with van der Waals surface area (Å²) in [5.41, 5.74) is 0. The SMILES string of the molecule is CCC(CNC(=O)NCC1CCN(C)CC1)C(=O)O. The average molecular weight is 271 g/mol. The van der Waals surface area contributed by atoms with Gasteiger partial charge in [-0.2, -0.15) is 0 Å². The molecule has 0 aliphatic carbocycles. The highest BCUT2D eigenvalue weighted by Crippen LogP contribution is 2.14. The number of carbonyl (C=O) groups is 2. The van der Waals surface area contributed by atoms with Gasteiger partial charge in [0.05, 0.1) is 5.92 Å². The van der Waals surface area contributed by atoms with E-state index in [1.807, 2.05) is 0 Å². The molecular formula is C13H25N3O3. The Bertz CT molecular complexity index is 302. The zero-order valence-electron chi connectivity index (χ0n) is 11.8. The van der Waals surface area contributed by atoms with Crippen LogP contribution in [0.4, 0.5) is 4.79 Å². The Morgan fingerprint density at radius 2 is 1.95 bits per heavy atom. The smallest absolute Gasteiger partial charge is 0.314 e. The molecule has 1 fully saturated rings. The van der Waals surface area contributed by atoms with Gasteiger partial charge in [-0.3, -0.25) is 4.79 Å². The number of likely N-dealkylation sites (tertiary alicyclic amines) is 1. The molecule has 0 spiro atoms. The molecule has 1 unspecified atom stereocenters. The number of aliphatic carboxylic acids is 1. The van der Waals surface area contributed by atoms with Crippen molar-refractivity contribution in [3.63, 3.8) is 0 Å². The van der Waals surface area contributed by atoms with Gasteiger partial charge < -0.3 is 20.6 Å². The lowest BCUT2D eigenvalue weighted by atomic mass is 9.97. The molecule has 3 N–H and O–H groups in total. The lowest BCUT2D eigenvalue weighted by molar-refractivity contribution is -0.141. The van der Waals surface area contributed by atoms with Gasteiger partial charge in [-0.25, -0.2) is 4.79 Å². The van der Waals surface area contributed by atoms with Gasteiger partial charge in [-0.1, -0.05) is 6.92 Å². The van der Waals surface area contributed by atoms with Crippen LogP contribution in [-0.4, -0.2) is 55.2 Å². The molecule has 1 rings (SSSR count). The molecule has 0 saturated carbocycles. The maximum atomic E-state index is 11.6. The topological polar surface area (TPSA) is 81.7 Å². The summed E-state index contributed by atoms with van der Waals surface area (Å²) in [5, 5.41) is 14.3. The molecule has 0 aromatic heterocycles. The Hall–Kier alpha value is -1.30. The number of nitrogens with zero attached hydrogens (tertiary/aromatic N) is 1. The van der Waals surface area contributed by atoms with E-state index in [0.29, 0.717) is 18.9 Å². The summed E-state index contributed by atoms with van der Waals surface area (Å²) in [6.07, 6.45) is 2.72. The molecule has 0 radical (unpaired) electrons. The van der Waals surface area contributed by atoms with Gasteiger partial charge in [0.15, 0.2) is 0 Å². The van der Waals surface area contributed by atoms with Crippen molar-refractivity contribution in [2.24, 2.45) is 11.8 Å². The normalized spacial score (nSPS) is 18.8. The van der Waals surface area contributed by atoms with Gasteiger partial charge in [-0.05, 0) is 45.3 Å². The van der Waals surface area contributed by atoms with E-state index in [1.54, 1.807) is 6.92 Å². The van der Waals surface area contributed by atoms with E-state index in [4.69, 9.17) is 5.11 Å². The summed E-state index contributed by atoms with van der Waals surface area (Å²) in [6.45, 7) is 4.81. The van der Waals surface area contributed by atoms with E-state index in [9.17, 15) is 9.59 Å². The Morgan fingerprint density at radius 3 is 2.47 bits per heavy atom. The van der Waals surface area contributed by atoms with Crippen molar-refractivity contribution >= 4 is 12.0 Å². The number of carboxylic acid groups (broad SMARTS) is 1. The molecule has 19 heavy (non-hydrogen) atoms. The summed E-state index contributed by atoms with van der Waals surface area (Å²) >= 11 is 0. The first-order chi connectivity index (χ1) is 9.02. The van der Waals surface area contributed by atoms with E-state index in [-0.39, 0.29) is 12.6 Å². The van der Waals surface area contributed by atoms with Crippen molar-refractivity contribution in [2.75, 3.05) is 33.2 Å². The zero-order chi connectivity index (χ0) is 14.3. The second-order valence-electron chi connectivity index (χ2n) is 5.28. The molecule has 0 aromatic carbocycles. The molecular weight excluding hydrogens is 246 g/mol. The number of carboxylic acids is 1. The number of piperidine rings is 1. The van der Waals surface area contributed by atoms with Gasteiger partial charge in [0, 0.05) is 13.1 Å². The number of hydrogen-bond donors (Lipinski definition) is 3. The van der Waals surface area contributed by atoms with Crippen LogP contribution in [-0.2, 0) is 4.79 Å². The number of urea groups is 1. The molecule has 1 heterocycles. The molecule has 1 atom stereocenters. The summed E-state index contributed by atoms with van der Waals surface area (Å²) < 4.78 is 0. The van der Waals surface area contributed by atoms with Crippen LogP contribution >= 0.6 is 0 Å². The van der Waals surface area contributed by atoms with Crippen molar-refractivity contribution in [3.8, 4) is 0 Å². The van der Waals surface area contributed by atoms with Crippen LogP contribution in [0, 0.1) is 11.8 Å². The predicted molar refractivity (Wildman–Crippen MR) is 73.0 cm³/mol. The monoisotopic (exact) mass is 271 g/mol. The third-order valence-corrected chi connectivity index (χ3v) is 3.74. The molecule has 0 bridgehead atoms. The average Bonchev–Trinajstić information content (AvgIpc) is 2.38. The third kappa shape index (κ3) is 5.92. The Labute approximate surface area is 114 Å². The van der Waals surface area contributed by atoms with Crippen molar-refractivity contribution in [1.29, 1.82) is 0 Å². The largest absolute Gasteiger partial charge is 0.481 e. The van der Waals surface area contributed by atoms with Crippen LogP contribution in [0.2, 0.25) is 0 Å². The highest BCUT2D eigenvalue weighted by Gasteiger charge is 2.18. The van der Waals surface area contributed by atoms with Gasteiger partial charge in [0.1, 0.15) is 0 Å². The molecule has 2 amide bonds. The van der Waals surface area contributed by atoms with E-state index >= 15 is 0 Å². The molecule has 1 aliphatic rings. The first-order valence-corrected chi connectivity index (χ1v) is 6.96. The van der Waals surface area contributed by atoms with Gasteiger partial charge in [-0.15, -0.1) is 0 Å². The van der Waals surface area contributed by atoms with E-state index in [0.717, 1.165) is 25.9 Å². The summed E-state index contributed by atoms with van der Waals surface area (Å²) in [6, 6.07) is -0.265. The van der Waals surface area contributed by atoms with Crippen LogP contribution < -0.4 is 10.6 Å². The molecule has 110 valence electrons. The standard InChI is InChI=1S/C13H25N3O3/c1-3-11(12(17)18)9-15-13(19)14-8-10-4-6-16(2)7-5-10/h10-11H,3-9H2,1-2H3,(H,17,18)(H2,14,15,19). The van der Waals surface area contributed by atoms with Crippen molar-refractivity contribution in [1.82, 2.24) is 15.5 Å². The number of hydrogen-bond acceptors (Lipinski definition) is 3. The number of nitrogens with one attached hydrogen (secondary N) is 2. The summed E-state index contributed by atoms with van der Waals surface area (Å²) in [5.74, 6) is -0.837. The Morgan fingerprint density at radius 1 is 1.32 bits per heavy atom. The first kappa shape index (κ1) is 15.8. The van der Waals surface area contributed by atoms with Crippen LogP contribution in [0.15, 0.2) is 0 Å².